The highest BCUT2D eigenvalue weighted by Gasteiger charge is 2.18. The number of hydrogen-bond acceptors (Lipinski definition) is 5. The molecule has 0 spiro atoms. The monoisotopic (exact) mass is 376 g/mol. The predicted octanol–water partition coefficient (Wildman–Crippen LogP) is 3.35. The minimum atomic E-state index is -3.56. The van der Waals surface area contributed by atoms with Crippen LogP contribution in [0.25, 0.3) is 11.1 Å². The van der Waals surface area contributed by atoms with E-state index in [0.717, 1.165) is 6.26 Å². The Balaban J connectivity index is 2.03. The van der Waals surface area contributed by atoms with E-state index in [4.69, 9.17) is 16.3 Å². The van der Waals surface area contributed by atoms with E-state index >= 15 is 0 Å². The second-order valence-corrected chi connectivity index (χ2v) is 7.74. The van der Waals surface area contributed by atoms with Crippen LogP contribution < -0.4 is 4.74 Å². The van der Waals surface area contributed by atoms with Crippen LogP contribution in [0.1, 0.15) is 10.4 Å². The first-order chi connectivity index (χ1) is 11.8. The predicted molar refractivity (Wildman–Crippen MR) is 93.5 cm³/mol. The van der Waals surface area contributed by atoms with Gasteiger partial charge in [-0.15, -0.1) is 0 Å². The molecule has 25 heavy (non-hydrogen) atoms. The molecule has 0 saturated heterocycles. The maximum absolute atomic E-state index is 12.2. The van der Waals surface area contributed by atoms with Gasteiger partial charge in [0.05, 0.1) is 16.7 Å². The Kier molecular flexibility index (Phi) is 4.61. The lowest BCUT2D eigenvalue weighted by molar-refractivity contribution is 0.0734. The molecular weight excluding hydrogens is 364 g/mol. The van der Waals surface area contributed by atoms with Crippen molar-refractivity contribution in [2.75, 3.05) is 6.26 Å². The van der Waals surface area contributed by atoms with E-state index in [0.29, 0.717) is 16.1 Å². The molecule has 0 saturated carbocycles. The first-order valence-corrected chi connectivity index (χ1v) is 9.42. The maximum Gasteiger partial charge on any atom is 0.346 e. The molecule has 0 atom stereocenters. The Labute approximate surface area is 149 Å². The molecule has 0 aliphatic heterocycles. The highest BCUT2D eigenvalue weighted by molar-refractivity contribution is 7.90. The van der Waals surface area contributed by atoms with E-state index in [1.807, 2.05) is 0 Å². The number of rotatable bonds is 4. The number of benzene rings is 2. The van der Waals surface area contributed by atoms with E-state index < -0.39 is 15.8 Å². The number of nitrogens with zero attached hydrogens (tertiary/aromatic N) is 1. The van der Waals surface area contributed by atoms with E-state index in [-0.39, 0.29) is 16.2 Å². The molecule has 1 heterocycles. The topological polar surface area (TPSA) is 89.1 Å². The van der Waals surface area contributed by atoms with Gasteiger partial charge in [-0.3, -0.25) is 5.10 Å². The van der Waals surface area contributed by atoms with Crippen LogP contribution in [0.2, 0.25) is 5.02 Å². The number of sulfone groups is 1. The van der Waals surface area contributed by atoms with Crippen LogP contribution in [0.4, 0.5) is 0 Å². The largest absolute Gasteiger partial charge is 0.423 e. The molecule has 6 nitrogen and oxygen atoms in total. The van der Waals surface area contributed by atoms with Crippen molar-refractivity contribution in [3.8, 4) is 16.9 Å². The van der Waals surface area contributed by atoms with E-state index in [9.17, 15) is 13.2 Å². The summed E-state index contributed by atoms with van der Waals surface area (Å²) in [6.45, 7) is 0. The van der Waals surface area contributed by atoms with Gasteiger partial charge in [0.1, 0.15) is 5.75 Å². The number of H-pyrrole nitrogens is 1. The van der Waals surface area contributed by atoms with Crippen molar-refractivity contribution in [3.63, 3.8) is 0 Å². The molecule has 8 heteroatoms. The fourth-order valence-electron chi connectivity index (χ4n) is 2.30. The van der Waals surface area contributed by atoms with Crippen molar-refractivity contribution >= 4 is 27.4 Å². The molecule has 0 amide bonds. The lowest BCUT2D eigenvalue weighted by Crippen LogP contribution is -2.08. The Morgan fingerprint density at radius 1 is 1.20 bits per heavy atom. The first-order valence-electron chi connectivity index (χ1n) is 7.15. The lowest BCUT2D eigenvalue weighted by Gasteiger charge is -2.11. The second kappa shape index (κ2) is 6.70. The number of nitrogens with one attached hydrogen (secondary N) is 1. The molecule has 0 bridgehead atoms. The van der Waals surface area contributed by atoms with Gasteiger partial charge in [0.15, 0.2) is 9.84 Å². The molecule has 0 fully saturated rings. The molecule has 0 aliphatic rings. The summed E-state index contributed by atoms with van der Waals surface area (Å²) >= 11 is 5.99. The smallest absolute Gasteiger partial charge is 0.346 e. The fraction of sp³-hybridized carbons (Fsp3) is 0.0588. The minimum Gasteiger partial charge on any atom is -0.423 e. The van der Waals surface area contributed by atoms with Gasteiger partial charge in [-0.25, -0.2) is 13.2 Å². The standard InChI is InChI=1S/C17H13ClN2O4S/c1-25(22,23)16-8-14(24-17(21)12-9-19-20-10-12)5-6-15(16)11-3-2-4-13(18)7-11/h2-10H,1H3,(H,19,20). The van der Waals surface area contributed by atoms with Gasteiger partial charge in [-0.2, -0.15) is 5.10 Å². The van der Waals surface area contributed by atoms with Crippen LogP contribution in [0.3, 0.4) is 0 Å². The van der Waals surface area contributed by atoms with Crippen LogP contribution in [0.5, 0.6) is 5.75 Å². The highest BCUT2D eigenvalue weighted by Crippen LogP contribution is 2.32. The van der Waals surface area contributed by atoms with Gasteiger partial charge in [-0.1, -0.05) is 23.7 Å². The van der Waals surface area contributed by atoms with Gasteiger partial charge in [0.25, 0.3) is 0 Å². The van der Waals surface area contributed by atoms with Crippen LogP contribution >= 0.6 is 11.6 Å². The zero-order valence-corrected chi connectivity index (χ0v) is 14.6. The molecular formula is C17H13ClN2O4S. The maximum atomic E-state index is 12.2. The molecule has 128 valence electrons. The van der Waals surface area contributed by atoms with E-state index in [1.54, 1.807) is 30.3 Å². The summed E-state index contributed by atoms with van der Waals surface area (Å²) < 4.78 is 29.6. The highest BCUT2D eigenvalue weighted by atomic mass is 35.5. The number of carbonyl (C=O) groups is 1. The van der Waals surface area contributed by atoms with Crippen molar-refractivity contribution in [2.24, 2.45) is 0 Å². The third kappa shape index (κ3) is 3.89. The summed E-state index contributed by atoms with van der Waals surface area (Å²) in [5.41, 5.74) is 1.37. The number of aromatic nitrogens is 2. The van der Waals surface area contributed by atoms with Crippen LogP contribution in [-0.4, -0.2) is 30.8 Å². The van der Waals surface area contributed by atoms with Gasteiger partial charge >= 0.3 is 5.97 Å². The van der Waals surface area contributed by atoms with Crippen LogP contribution in [0, 0.1) is 0 Å². The number of hydrogen-bond donors (Lipinski definition) is 1. The first kappa shape index (κ1) is 17.2. The molecule has 3 rings (SSSR count). The summed E-state index contributed by atoms with van der Waals surface area (Å²) in [6, 6.07) is 11.3. The lowest BCUT2D eigenvalue weighted by atomic mass is 10.1. The quantitative estimate of drug-likeness (QED) is 0.557. The molecule has 0 aliphatic carbocycles. The minimum absolute atomic E-state index is 0.0484. The number of carbonyl (C=O) groups excluding carboxylic acids is 1. The van der Waals surface area contributed by atoms with Crippen molar-refractivity contribution in [2.45, 2.75) is 4.90 Å². The van der Waals surface area contributed by atoms with Crippen molar-refractivity contribution in [3.05, 3.63) is 65.4 Å². The van der Waals surface area contributed by atoms with Crippen molar-refractivity contribution < 1.29 is 17.9 Å². The Bertz CT molecular complexity index is 1030. The normalized spacial score (nSPS) is 11.3. The van der Waals surface area contributed by atoms with Crippen LogP contribution in [0.15, 0.2) is 59.8 Å². The summed E-state index contributed by atoms with van der Waals surface area (Å²) in [4.78, 5) is 12.0. The summed E-state index contributed by atoms with van der Waals surface area (Å²) in [7, 11) is -3.56. The van der Waals surface area contributed by atoms with Gasteiger partial charge in [0.2, 0.25) is 0 Å². The number of aromatic amines is 1. The van der Waals surface area contributed by atoms with Crippen molar-refractivity contribution in [1.29, 1.82) is 0 Å². The third-order valence-electron chi connectivity index (χ3n) is 3.43. The van der Waals surface area contributed by atoms with Gasteiger partial charge in [-0.05, 0) is 29.8 Å². The number of halogens is 1. The molecule has 0 radical (unpaired) electrons. The van der Waals surface area contributed by atoms with Gasteiger partial charge < -0.3 is 4.74 Å². The van der Waals surface area contributed by atoms with Gasteiger partial charge in [0, 0.05) is 29.1 Å². The zero-order chi connectivity index (χ0) is 18.0. The Morgan fingerprint density at radius 3 is 2.64 bits per heavy atom. The van der Waals surface area contributed by atoms with Crippen molar-refractivity contribution in [1.82, 2.24) is 10.2 Å². The molecule has 3 aromatic rings. The summed E-state index contributed by atoms with van der Waals surface area (Å²) in [5.74, 6) is -0.513. The Hall–Kier alpha value is -2.64. The molecule has 0 unspecified atom stereocenters. The van der Waals surface area contributed by atoms with E-state index in [1.165, 1.54) is 24.5 Å². The average molecular weight is 377 g/mol. The zero-order valence-electron chi connectivity index (χ0n) is 13.1. The summed E-state index contributed by atoms with van der Waals surface area (Å²) in [6.07, 6.45) is 3.80. The fourth-order valence-corrected chi connectivity index (χ4v) is 3.40. The molecule has 1 aromatic heterocycles. The SMILES string of the molecule is CS(=O)(=O)c1cc(OC(=O)c2cn[nH]c2)ccc1-c1cccc(Cl)c1. The average Bonchev–Trinajstić information content (AvgIpc) is 3.08. The summed E-state index contributed by atoms with van der Waals surface area (Å²) in [5, 5.41) is 6.67. The van der Waals surface area contributed by atoms with Crippen LogP contribution in [-0.2, 0) is 9.84 Å². The molecule has 2 aromatic carbocycles. The number of ether oxygens (including phenoxy) is 1. The van der Waals surface area contributed by atoms with E-state index in [2.05, 4.69) is 10.2 Å². The second-order valence-electron chi connectivity index (χ2n) is 5.32. The number of esters is 1. The third-order valence-corrected chi connectivity index (χ3v) is 4.80. The Morgan fingerprint density at radius 2 is 2.00 bits per heavy atom. The molecule has 1 N–H and O–H groups in total.